The highest BCUT2D eigenvalue weighted by atomic mass is 16.5. The van der Waals surface area contributed by atoms with Crippen LogP contribution in [0.4, 0.5) is 5.69 Å². The zero-order valence-electron chi connectivity index (χ0n) is 16.6. The van der Waals surface area contributed by atoms with Crippen LogP contribution in [-0.4, -0.2) is 36.4 Å². The number of methoxy groups -OCH3 is 1. The summed E-state index contributed by atoms with van der Waals surface area (Å²) >= 11 is 0. The van der Waals surface area contributed by atoms with E-state index in [0.717, 1.165) is 17.0 Å². The van der Waals surface area contributed by atoms with Gasteiger partial charge in [-0.2, -0.15) is 0 Å². The number of hydrogen-bond acceptors (Lipinski definition) is 7. The normalized spacial score (nSPS) is 10.6. The Morgan fingerprint density at radius 2 is 1.86 bits per heavy atom. The zero-order valence-corrected chi connectivity index (χ0v) is 16.6. The minimum atomic E-state index is -0.239. The molecule has 8 nitrogen and oxygen atoms in total. The summed E-state index contributed by atoms with van der Waals surface area (Å²) in [6.07, 6.45) is 1.54. The second kappa shape index (κ2) is 9.70. The van der Waals surface area contributed by atoms with E-state index >= 15 is 0 Å². The highest BCUT2D eigenvalue weighted by Gasteiger charge is 2.11. The van der Waals surface area contributed by atoms with Gasteiger partial charge in [0.2, 0.25) is 5.88 Å². The average molecular weight is 397 g/mol. The Morgan fingerprint density at radius 3 is 2.48 bits per heavy atom. The number of aryl methyl sites for hydroxylation is 2. The molecule has 0 atom stereocenters. The van der Waals surface area contributed by atoms with Crippen molar-refractivity contribution < 1.29 is 23.5 Å². The SMILES string of the molecule is COCCOc1ccc(NC(=O)c2ccc(OCc3c(C)noc3C)cc2)cn1. The smallest absolute Gasteiger partial charge is 0.255 e. The molecule has 0 aliphatic carbocycles. The van der Waals surface area contributed by atoms with E-state index in [-0.39, 0.29) is 5.91 Å². The lowest BCUT2D eigenvalue weighted by Gasteiger charge is -2.09. The maximum absolute atomic E-state index is 12.4. The molecule has 0 aliphatic heterocycles. The van der Waals surface area contributed by atoms with Crippen LogP contribution in [0.25, 0.3) is 0 Å². The fourth-order valence-electron chi connectivity index (χ4n) is 2.54. The summed E-state index contributed by atoms with van der Waals surface area (Å²) in [6, 6.07) is 10.3. The summed E-state index contributed by atoms with van der Waals surface area (Å²) in [5.41, 5.74) is 2.82. The third-order valence-corrected chi connectivity index (χ3v) is 4.21. The second-order valence-corrected chi connectivity index (χ2v) is 6.30. The van der Waals surface area contributed by atoms with Crippen LogP contribution >= 0.6 is 0 Å². The Bertz CT molecular complexity index is 916. The first kappa shape index (κ1) is 20.3. The van der Waals surface area contributed by atoms with E-state index in [2.05, 4.69) is 15.5 Å². The topological polar surface area (TPSA) is 95.7 Å². The Hall–Kier alpha value is -3.39. The van der Waals surface area contributed by atoms with E-state index in [9.17, 15) is 4.79 Å². The number of rotatable bonds is 9. The third-order valence-electron chi connectivity index (χ3n) is 4.21. The van der Waals surface area contributed by atoms with E-state index < -0.39 is 0 Å². The quantitative estimate of drug-likeness (QED) is 0.552. The number of anilines is 1. The van der Waals surface area contributed by atoms with E-state index in [1.807, 2.05) is 13.8 Å². The van der Waals surface area contributed by atoms with Gasteiger partial charge in [-0.3, -0.25) is 4.79 Å². The number of benzene rings is 1. The van der Waals surface area contributed by atoms with Gasteiger partial charge in [-0.1, -0.05) is 5.16 Å². The predicted molar refractivity (Wildman–Crippen MR) is 106 cm³/mol. The van der Waals surface area contributed by atoms with Crippen LogP contribution in [0.2, 0.25) is 0 Å². The molecule has 3 aromatic rings. The lowest BCUT2D eigenvalue weighted by atomic mass is 10.2. The van der Waals surface area contributed by atoms with Crippen molar-refractivity contribution in [3.63, 3.8) is 0 Å². The summed E-state index contributed by atoms with van der Waals surface area (Å²) in [5.74, 6) is 1.62. The maximum atomic E-state index is 12.4. The van der Waals surface area contributed by atoms with Gasteiger partial charge in [0.15, 0.2) is 0 Å². The number of nitrogens with one attached hydrogen (secondary N) is 1. The first-order valence-electron chi connectivity index (χ1n) is 9.10. The largest absolute Gasteiger partial charge is 0.489 e. The minimum Gasteiger partial charge on any atom is -0.489 e. The fourth-order valence-corrected chi connectivity index (χ4v) is 2.54. The highest BCUT2D eigenvalue weighted by molar-refractivity contribution is 6.04. The molecule has 0 saturated carbocycles. The Balaban J connectivity index is 1.53. The van der Waals surface area contributed by atoms with Crippen molar-refractivity contribution in [3.05, 3.63) is 65.2 Å². The van der Waals surface area contributed by atoms with Gasteiger partial charge < -0.3 is 24.1 Å². The van der Waals surface area contributed by atoms with Crippen molar-refractivity contribution in [2.75, 3.05) is 25.6 Å². The molecule has 0 fully saturated rings. The summed E-state index contributed by atoms with van der Waals surface area (Å²) in [6.45, 7) is 4.98. The van der Waals surface area contributed by atoms with Crippen molar-refractivity contribution in [2.24, 2.45) is 0 Å². The molecule has 8 heteroatoms. The van der Waals surface area contributed by atoms with Crippen LogP contribution in [0.1, 0.15) is 27.4 Å². The van der Waals surface area contributed by atoms with Crippen LogP contribution in [0.5, 0.6) is 11.6 Å². The lowest BCUT2D eigenvalue weighted by Crippen LogP contribution is -2.12. The van der Waals surface area contributed by atoms with Crippen LogP contribution in [0, 0.1) is 13.8 Å². The Labute approximate surface area is 168 Å². The first-order chi connectivity index (χ1) is 14.1. The molecule has 2 aromatic heterocycles. The molecule has 0 spiro atoms. The molecular weight excluding hydrogens is 374 g/mol. The molecule has 0 unspecified atom stereocenters. The molecule has 152 valence electrons. The van der Waals surface area contributed by atoms with Gasteiger partial charge in [-0.25, -0.2) is 4.98 Å². The molecule has 3 rings (SSSR count). The number of amides is 1. The molecule has 0 saturated heterocycles. The third kappa shape index (κ3) is 5.55. The van der Waals surface area contributed by atoms with E-state index in [1.165, 1.54) is 0 Å². The van der Waals surface area contributed by atoms with E-state index in [4.69, 9.17) is 18.7 Å². The summed E-state index contributed by atoms with van der Waals surface area (Å²) in [7, 11) is 1.60. The van der Waals surface area contributed by atoms with Gasteiger partial charge in [0, 0.05) is 18.7 Å². The number of carbonyl (C=O) groups excluding carboxylic acids is 1. The summed E-state index contributed by atoms with van der Waals surface area (Å²) < 4.78 is 21.2. The van der Waals surface area contributed by atoms with Crippen molar-refractivity contribution in [2.45, 2.75) is 20.5 Å². The summed E-state index contributed by atoms with van der Waals surface area (Å²) in [4.78, 5) is 16.6. The van der Waals surface area contributed by atoms with Crippen molar-refractivity contribution in [1.29, 1.82) is 0 Å². The fraction of sp³-hybridized carbons (Fsp3) is 0.286. The van der Waals surface area contributed by atoms with Gasteiger partial charge in [-0.15, -0.1) is 0 Å². The van der Waals surface area contributed by atoms with Gasteiger partial charge in [0.25, 0.3) is 5.91 Å². The van der Waals surface area contributed by atoms with E-state index in [0.29, 0.717) is 42.7 Å². The second-order valence-electron chi connectivity index (χ2n) is 6.30. The standard InChI is InChI=1S/C21H23N3O5/c1-14-19(15(2)29-24-14)13-28-18-7-4-16(5-8-18)21(25)23-17-6-9-20(22-12-17)27-11-10-26-3/h4-9,12H,10-11,13H2,1-3H3,(H,23,25). The summed E-state index contributed by atoms with van der Waals surface area (Å²) in [5, 5.41) is 6.70. The zero-order chi connectivity index (χ0) is 20.6. The number of pyridine rings is 1. The molecule has 0 radical (unpaired) electrons. The lowest BCUT2D eigenvalue weighted by molar-refractivity contribution is 0.102. The molecule has 0 aliphatic rings. The molecule has 29 heavy (non-hydrogen) atoms. The monoisotopic (exact) mass is 397 g/mol. The Kier molecular flexibility index (Phi) is 6.80. The van der Waals surface area contributed by atoms with Crippen LogP contribution in [-0.2, 0) is 11.3 Å². The van der Waals surface area contributed by atoms with Crippen LogP contribution < -0.4 is 14.8 Å². The highest BCUT2D eigenvalue weighted by Crippen LogP contribution is 2.19. The number of ether oxygens (including phenoxy) is 3. The van der Waals surface area contributed by atoms with Crippen molar-refractivity contribution in [1.82, 2.24) is 10.1 Å². The molecule has 1 amide bonds. The number of carbonyl (C=O) groups is 1. The Morgan fingerprint density at radius 1 is 1.07 bits per heavy atom. The minimum absolute atomic E-state index is 0.239. The van der Waals surface area contributed by atoms with E-state index in [1.54, 1.807) is 49.7 Å². The van der Waals surface area contributed by atoms with Crippen LogP contribution in [0.3, 0.4) is 0 Å². The molecule has 2 heterocycles. The molecule has 1 N–H and O–H groups in total. The van der Waals surface area contributed by atoms with Gasteiger partial charge >= 0.3 is 0 Å². The van der Waals surface area contributed by atoms with Crippen LogP contribution in [0.15, 0.2) is 47.1 Å². The first-order valence-corrected chi connectivity index (χ1v) is 9.10. The van der Waals surface area contributed by atoms with Crippen molar-refractivity contribution in [3.8, 4) is 11.6 Å². The van der Waals surface area contributed by atoms with Gasteiger partial charge in [0.1, 0.15) is 24.7 Å². The molecule has 1 aromatic carbocycles. The van der Waals surface area contributed by atoms with Crippen molar-refractivity contribution >= 4 is 11.6 Å². The number of hydrogen-bond donors (Lipinski definition) is 1. The number of aromatic nitrogens is 2. The number of nitrogens with zero attached hydrogens (tertiary/aromatic N) is 2. The maximum Gasteiger partial charge on any atom is 0.255 e. The molecule has 0 bridgehead atoms. The average Bonchev–Trinajstić information content (AvgIpc) is 3.06. The molecular formula is C21H23N3O5. The van der Waals surface area contributed by atoms with Gasteiger partial charge in [0.05, 0.1) is 29.7 Å². The van der Waals surface area contributed by atoms with Gasteiger partial charge in [-0.05, 0) is 44.2 Å². The predicted octanol–water partition coefficient (Wildman–Crippen LogP) is 3.54.